The number of carbonyl (C=O) groups excluding carboxylic acids is 1. The highest BCUT2D eigenvalue weighted by molar-refractivity contribution is 7.22. The van der Waals surface area contributed by atoms with Crippen molar-refractivity contribution in [1.29, 1.82) is 0 Å². The van der Waals surface area contributed by atoms with Crippen LogP contribution in [0, 0.1) is 0 Å². The molecular weight excluding hydrogens is 392 g/mol. The lowest BCUT2D eigenvalue weighted by Crippen LogP contribution is -2.26. The molecule has 0 spiro atoms. The van der Waals surface area contributed by atoms with Gasteiger partial charge in [0.15, 0.2) is 10.1 Å². The Morgan fingerprint density at radius 1 is 1.04 bits per heavy atom. The lowest BCUT2D eigenvalue weighted by Gasteiger charge is -2.04. The van der Waals surface area contributed by atoms with Gasteiger partial charge >= 0.3 is 0 Å². The maximum Gasteiger partial charge on any atom is 0.271 e. The van der Waals surface area contributed by atoms with Gasteiger partial charge < -0.3 is 0 Å². The highest BCUT2D eigenvalue weighted by Crippen LogP contribution is 2.26. The Bertz CT molecular complexity index is 1350. The van der Waals surface area contributed by atoms with E-state index in [-0.39, 0.29) is 5.56 Å². The predicted octanol–water partition coefficient (Wildman–Crippen LogP) is 4.29. The predicted molar refractivity (Wildman–Crippen MR) is 112 cm³/mol. The Morgan fingerprint density at radius 3 is 2.64 bits per heavy atom. The van der Waals surface area contributed by atoms with Crippen LogP contribution < -0.4 is 10.9 Å². The molecule has 1 amide bonds. The van der Waals surface area contributed by atoms with Gasteiger partial charge in [-0.25, -0.2) is 9.97 Å². The molecule has 0 radical (unpaired) electrons. The SMILES string of the molecule is O=C(Nc1nc2ccccc2s1)c1cnc2scc(-c3ccccc3)n2c1=O. The van der Waals surface area contributed by atoms with Crippen LogP contribution in [0.2, 0.25) is 0 Å². The van der Waals surface area contributed by atoms with Gasteiger partial charge in [0.1, 0.15) is 5.56 Å². The summed E-state index contributed by atoms with van der Waals surface area (Å²) in [6, 6.07) is 17.2. The van der Waals surface area contributed by atoms with Gasteiger partial charge in [-0.3, -0.25) is 19.3 Å². The summed E-state index contributed by atoms with van der Waals surface area (Å²) in [4.78, 5) is 35.0. The molecule has 136 valence electrons. The average molecular weight is 404 g/mol. The van der Waals surface area contributed by atoms with Gasteiger partial charge in [-0.1, -0.05) is 53.8 Å². The van der Waals surface area contributed by atoms with Crippen molar-refractivity contribution in [1.82, 2.24) is 14.4 Å². The number of nitrogens with one attached hydrogen (secondary N) is 1. The number of carbonyl (C=O) groups is 1. The zero-order valence-electron chi connectivity index (χ0n) is 14.3. The van der Waals surface area contributed by atoms with E-state index in [1.54, 1.807) is 0 Å². The number of aromatic nitrogens is 3. The van der Waals surface area contributed by atoms with Gasteiger partial charge in [-0.2, -0.15) is 0 Å². The van der Waals surface area contributed by atoms with Crippen molar-refractivity contribution < 1.29 is 4.79 Å². The Hall–Kier alpha value is -3.36. The maximum atomic E-state index is 13.0. The second-order valence-corrected chi connectivity index (χ2v) is 7.89. The average Bonchev–Trinajstić information content (AvgIpc) is 3.32. The van der Waals surface area contributed by atoms with Crippen molar-refractivity contribution in [2.24, 2.45) is 0 Å². The van der Waals surface area contributed by atoms with Crippen molar-refractivity contribution in [3.8, 4) is 11.3 Å². The van der Waals surface area contributed by atoms with E-state index >= 15 is 0 Å². The largest absolute Gasteiger partial charge is 0.298 e. The smallest absolute Gasteiger partial charge is 0.271 e. The Labute approximate surface area is 166 Å². The maximum absolute atomic E-state index is 13.0. The van der Waals surface area contributed by atoms with E-state index in [0.717, 1.165) is 15.8 Å². The van der Waals surface area contributed by atoms with Gasteiger partial charge in [0.25, 0.3) is 11.5 Å². The molecule has 0 aliphatic carbocycles. The van der Waals surface area contributed by atoms with E-state index in [1.807, 2.05) is 60.0 Å². The molecule has 8 heteroatoms. The van der Waals surface area contributed by atoms with Crippen molar-refractivity contribution >= 4 is 48.9 Å². The number of nitrogens with zero attached hydrogens (tertiary/aromatic N) is 3. The number of thiazole rings is 2. The number of fused-ring (bicyclic) bond motifs is 2. The quantitative estimate of drug-likeness (QED) is 0.487. The molecule has 5 rings (SSSR count). The second-order valence-electron chi connectivity index (χ2n) is 6.02. The summed E-state index contributed by atoms with van der Waals surface area (Å²) in [6.07, 6.45) is 1.32. The molecule has 1 N–H and O–H groups in total. The molecule has 0 fully saturated rings. The first kappa shape index (κ1) is 16.8. The molecule has 3 heterocycles. The molecule has 5 aromatic rings. The molecule has 0 unspecified atom stereocenters. The van der Waals surface area contributed by atoms with E-state index in [1.165, 1.54) is 33.3 Å². The summed E-state index contributed by atoms with van der Waals surface area (Å²) in [7, 11) is 0. The molecule has 0 saturated heterocycles. The summed E-state index contributed by atoms with van der Waals surface area (Å²) in [5.41, 5.74) is 1.99. The fourth-order valence-electron chi connectivity index (χ4n) is 2.95. The van der Waals surface area contributed by atoms with Gasteiger partial charge in [-0.15, -0.1) is 11.3 Å². The normalized spacial score (nSPS) is 11.1. The first-order valence-corrected chi connectivity index (χ1v) is 10.1. The standard InChI is InChI=1S/C20H12N4O2S2/c25-17(23-19-22-14-8-4-5-9-16(14)28-19)13-10-21-20-24(18(13)26)15(11-27-20)12-6-2-1-3-7-12/h1-11H,(H,22,23,25). The van der Waals surface area contributed by atoms with E-state index in [0.29, 0.717) is 15.8 Å². The van der Waals surface area contributed by atoms with Crippen LogP contribution in [0.15, 0.2) is 71.0 Å². The summed E-state index contributed by atoms with van der Waals surface area (Å²) >= 11 is 2.72. The molecule has 28 heavy (non-hydrogen) atoms. The summed E-state index contributed by atoms with van der Waals surface area (Å²) in [5, 5.41) is 5.04. The first-order chi connectivity index (χ1) is 13.7. The van der Waals surface area contributed by atoms with Crippen molar-refractivity contribution in [3.05, 3.63) is 82.1 Å². The van der Waals surface area contributed by atoms with Crippen LogP contribution in [0.1, 0.15) is 10.4 Å². The molecule has 0 bridgehead atoms. The number of para-hydroxylation sites is 1. The fraction of sp³-hybridized carbons (Fsp3) is 0. The number of anilines is 1. The number of amides is 1. The minimum atomic E-state index is -0.517. The molecule has 0 aliphatic rings. The third-order valence-corrected chi connectivity index (χ3v) is 6.07. The van der Waals surface area contributed by atoms with E-state index < -0.39 is 11.5 Å². The zero-order chi connectivity index (χ0) is 19.1. The minimum Gasteiger partial charge on any atom is -0.298 e. The third kappa shape index (κ3) is 2.79. The van der Waals surface area contributed by atoms with Crippen molar-refractivity contribution in [2.45, 2.75) is 0 Å². The molecule has 0 atom stereocenters. The summed E-state index contributed by atoms with van der Waals surface area (Å²) < 4.78 is 2.44. The van der Waals surface area contributed by atoms with Crippen molar-refractivity contribution in [3.63, 3.8) is 0 Å². The van der Waals surface area contributed by atoms with Crippen molar-refractivity contribution in [2.75, 3.05) is 5.32 Å². The Kier molecular flexibility index (Phi) is 4.00. The van der Waals surface area contributed by atoms with Gasteiger partial charge in [0, 0.05) is 11.6 Å². The minimum absolute atomic E-state index is 0.0210. The zero-order valence-corrected chi connectivity index (χ0v) is 16.0. The number of benzene rings is 2. The topological polar surface area (TPSA) is 76.4 Å². The fourth-order valence-corrected chi connectivity index (χ4v) is 4.67. The Morgan fingerprint density at radius 2 is 1.82 bits per heavy atom. The molecule has 0 saturated carbocycles. The highest BCUT2D eigenvalue weighted by atomic mass is 32.1. The first-order valence-electron chi connectivity index (χ1n) is 8.42. The van der Waals surface area contributed by atoms with Crippen LogP contribution in [0.25, 0.3) is 26.4 Å². The van der Waals surface area contributed by atoms with Crippen LogP contribution in [-0.4, -0.2) is 20.3 Å². The molecule has 0 aliphatic heterocycles. The molecule has 3 aromatic heterocycles. The van der Waals surface area contributed by atoms with Crippen LogP contribution in [0.5, 0.6) is 0 Å². The van der Waals surface area contributed by atoms with Crippen LogP contribution >= 0.6 is 22.7 Å². The van der Waals surface area contributed by atoms with Gasteiger partial charge in [-0.05, 0) is 17.7 Å². The number of hydrogen-bond acceptors (Lipinski definition) is 6. The molecule has 6 nitrogen and oxygen atoms in total. The number of rotatable bonds is 3. The second kappa shape index (κ2) is 6.66. The lowest BCUT2D eigenvalue weighted by atomic mass is 10.2. The number of hydrogen-bond donors (Lipinski definition) is 1. The van der Waals surface area contributed by atoms with Gasteiger partial charge in [0.05, 0.1) is 15.9 Å². The van der Waals surface area contributed by atoms with E-state index in [4.69, 9.17) is 0 Å². The lowest BCUT2D eigenvalue weighted by molar-refractivity contribution is 0.102. The van der Waals surface area contributed by atoms with Crippen LogP contribution in [-0.2, 0) is 0 Å². The summed E-state index contributed by atoms with van der Waals surface area (Å²) in [5.74, 6) is -0.517. The molecule has 2 aromatic carbocycles. The summed E-state index contributed by atoms with van der Waals surface area (Å²) in [6.45, 7) is 0. The highest BCUT2D eigenvalue weighted by Gasteiger charge is 2.18. The monoisotopic (exact) mass is 404 g/mol. The van der Waals surface area contributed by atoms with E-state index in [9.17, 15) is 9.59 Å². The van der Waals surface area contributed by atoms with Gasteiger partial charge in [0.2, 0.25) is 0 Å². The third-order valence-electron chi connectivity index (χ3n) is 4.27. The Balaban J connectivity index is 1.56. The molecular formula is C20H12N4O2S2. The van der Waals surface area contributed by atoms with E-state index in [2.05, 4.69) is 15.3 Å². The van der Waals surface area contributed by atoms with Crippen LogP contribution in [0.4, 0.5) is 5.13 Å². The van der Waals surface area contributed by atoms with Crippen LogP contribution in [0.3, 0.4) is 0 Å².